The maximum atomic E-state index is 11.0. The molecule has 1 aromatic heterocycles. The van der Waals surface area contributed by atoms with Crippen LogP contribution < -0.4 is 5.32 Å². The Balaban J connectivity index is 2.32. The molecule has 0 fully saturated rings. The van der Waals surface area contributed by atoms with Crippen molar-refractivity contribution in [3.05, 3.63) is 47.8 Å². The highest BCUT2D eigenvalue weighted by atomic mass is 16.1. The van der Waals surface area contributed by atoms with Crippen molar-refractivity contribution in [2.45, 2.75) is 33.2 Å². The minimum absolute atomic E-state index is 0.0258. The summed E-state index contributed by atoms with van der Waals surface area (Å²) in [4.78, 5) is 11.0. The second kappa shape index (κ2) is 5.69. The van der Waals surface area contributed by atoms with E-state index in [4.69, 9.17) is 0 Å². The number of carbonyl (C=O) groups is 1. The number of benzene rings is 1. The molecule has 100 valence electrons. The van der Waals surface area contributed by atoms with Gasteiger partial charge in [-0.25, -0.2) is 4.68 Å². The van der Waals surface area contributed by atoms with Gasteiger partial charge in [0.2, 0.25) is 5.91 Å². The van der Waals surface area contributed by atoms with Crippen LogP contribution in [0.5, 0.6) is 0 Å². The molecule has 4 heteroatoms. The quantitative estimate of drug-likeness (QED) is 0.915. The smallest absolute Gasteiger partial charge is 0.217 e. The zero-order valence-corrected chi connectivity index (χ0v) is 11.6. The topological polar surface area (TPSA) is 46.9 Å². The molecule has 0 spiro atoms. The standard InChI is InChI=1S/C15H19N3O/c1-11(2)15-13(9-16-12(3)19)10-18(17-15)14-7-5-4-6-8-14/h4-8,10-11H,9H2,1-3H3,(H,16,19). The van der Waals surface area contributed by atoms with Gasteiger partial charge >= 0.3 is 0 Å². The molecule has 0 aliphatic carbocycles. The first-order chi connectivity index (χ1) is 9.08. The molecule has 19 heavy (non-hydrogen) atoms. The van der Waals surface area contributed by atoms with Crippen LogP contribution in [-0.2, 0) is 11.3 Å². The summed E-state index contributed by atoms with van der Waals surface area (Å²) in [7, 11) is 0. The fraction of sp³-hybridized carbons (Fsp3) is 0.333. The molecule has 1 aromatic carbocycles. The molecule has 1 N–H and O–H groups in total. The van der Waals surface area contributed by atoms with Crippen LogP contribution in [-0.4, -0.2) is 15.7 Å². The van der Waals surface area contributed by atoms with E-state index >= 15 is 0 Å². The lowest BCUT2D eigenvalue weighted by atomic mass is 10.1. The van der Waals surface area contributed by atoms with Gasteiger partial charge in [0.25, 0.3) is 0 Å². The number of para-hydroxylation sites is 1. The molecule has 2 aromatic rings. The average molecular weight is 257 g/mol. The van der Waals surface area contributed by atoms with Crippen molar-refractivity contribution in [1.29, 1.82) is 0 Å². The Labute approximate surface area is 113 Å². The molecular weight excluding hydrogens is 238 g/mol. The third-order valence-electron chi connectivity index (χ3n) is 2.92. The Hall–Kier alpha value is -2.10. The second-order valence-electron chi connectivity index (χ2n) is 4.88. The Morgan fingerprint density at radius 1 is 1.32 bits per heavy atom. The van der Waals surface area contributed by atoms with E-state index in [1.165, 1.54) is 6.92 Å². The molecule has 0 aliphatic rings. The minimum atomic E-state index is -0.0258. The predicted octanol–water partition coefficient (Wildman–Crippen LogP) is 2.63. The van der Waals surface area contributed by atoms with Crippen LogP contribution in [0, 0.1) is 0 Å². The van der Waals surface area contributed by atoms with Gasteiger partial charge in [-0.05, 0) is 18.1 Å². The van der Waals surface area contributed by atoms with Crippen molar-refractivity contribution in [3.63, 3.8) is 0 Å². The van der Waals surface area contributed by atoms with Crippen LogP contribution in [0.15, 0.2) is 36.5 Å². The van der Waals surface area contributed by atoms with E-state index in [0.717, 1.165) is 16.9 Å². The van der Waals surface area contributed by atoms with Crippen LogP contribution in [0.25, 0.3) is 5.69 Å². The maximum Gasteiger partial charge on any atom is 0.217 e. The molecule has 0 unspecified atom stereocenters. The van der Waals surface area contributed by atoms with Crippen LogP contribution in [0.1, 0.15) is 37.9 Å². The molecule has 0 radical (unpaired) electrons. The van der Waals surface area contributed by atoms with Gasteiger partial charge in [0.15, 0.2) is 0 Å². The summed E-state index contributed by atoms with van der Waals surface area (Å²) in [5.41, 5.74) is 3.12. The molecule has 0 atom stereocenters. The van der Waals surface area contributed by atoms with E-state index in [9.17, 15) is 4.79 Å². The summed E-state index contributed by atoms with van der Waals surface area (Å²) in [6.07, 6.45) is 1.99. The lowest BCUT2D eigenvalue weighted by molar-refractivity contribution is -0.119. The normalized spacial score (nSPS) is 10.7. The number of carbonyl (C=O) groups excluding carboxylic acids is 1. The number of nitrogens with zero attached hydrogens (tertiary/aromatic N) is 2. The predicted molar refractivity (Wildman–Crippen MR) is 75.2 cm³/mol. The lowest BCUT2D eigenvalue weighted by Gasteiger charge is -2.05. The molecule has 0 aliphatic heterocycles. The Bertz CT molecular complexity index is 558. The maximum absolute atomic E-state index is 11.0. The number of hydrogen-bond donors (Lipinski definition) is 1. The molecule has 1 amide bonds. The van der Waals surface area contributed by atoms with E-state index < -0.39 is 0 Å². The minimum Gasteiger partial charge on any atom is -0.352 e. The zero-order valence-electron chi connectivity index (χ0n) is 11.6. The molecule has 0 bridgehead atoms. The first-order valence-corrected chi connectivity index (χ1v) is 6.46. The van der Waals surface area contributed by atoms with Gasteiger partial charge in [0.05, 0.1) is 11.4 Å². The van der Waals surface area contributed by atoms with Crippen molar-refractivity contribution >= 4 is 5.91 Å². The number of hydrogen-bond acceptors (Lipinski definition) is 2. The molecule has 1 heterocycles. The fourth-order valence-corrected chi connectivity index (χ4v) is 1.98. The van der Waals surface area contributed by atoms with E-state index in [-0.39, 0.29) is 5.91 Å². The molecule has 0 saturated carbocycles. The third kappa shape index (κ3) is 3.22. The summed E-state index contributed by atoms with van der Waals surface area (Å²) >= 11 is 0. The summed E-state index contributed by atoms with van der Waals surface area (Å²) in [5, 5.41) is 7.45. The van der Waals surface area contributed by atoms with Gasteiger partial charge in [-0.15, -0.1) is 0 Å². The van der Waals surface area contributed by atoms with Crippen LogP contribution >= 0.6 is 0 Å². The van der Waals surface area contributed by atoms with Crippen molar-refractivity contribution in [2.75, 3.05) is 0 Å². The summed E-state index contributed by atoms with van der Waals surface area (Å²) in [5.74, 6) is 0.302. The van der Waals surface area contributed by atoms with E-state index in [2.05, 4.69) is 24.3 Å². The van der Waals surface area contributed by atoms with Gasteiger partial charge in [-0.3, -0.25) is 4.79 Å². The van der Waals surface area contributed by atoms with Crippen LogP contribution in [0.4, 0.5) is 0 Å². The first kappa shape index (κ1) is 13.3. The summed E-state index contributed by atoms with van der Waals surface area (Å²) in [6, 6.07) is 9.98. The monoisotopic (exact) mass is 257 g/mol. The Morgan fingerprint density at radius 2 is 2.00 bits per heavy atom. The van der Waals surface area contributed by atoms with Gasteiger partial charge in [-0.2, -0.15) is 5.10 Å². The molecule has 2 rings (SSSR count). The van der Waals surface area contributed by atoms with Crippen LogP contribution in [0.3, 0.4) is 0 Å². The van der Waals surface area contributed by atoms with Gasteiger partial charge < -0.3 is 5.32 Å². The summed E-state index contributed by atoms with van der Waals surface area (Å²) in [6.45, 7) is 6.26. The van der Waals surface area contributed by atoms with Crippen molar-refractivity contribution in [3.8, 4) is 5.69 Å². The lowest BCUT2D eigenvalue weighted by Crippen LogP contribution is -2.19. The molecular formula is C15H19N3O. The SMILES string of the molecule is CC(=O)NCc1cn(-c2ccccc2)nc1C(C)C. The van der Waals surface area contributed by atoms with E-state index in [1.807, 2.05) is 41.2 Å². The second-order valence-corrected chi connectivity index (χ2v) is 4.88. The fourth-order valence-electron chi connectivity index (χ4n) is 1.98. The zero-order chi connectivity index (χ0) is 13.8. The van der Waals surface area contributed by atoms with Crippen molar-refractivity contribution in [2.24, 2.45) is 0 Å². The third-order valence-corrected chi connectivity index (χ3v) is 2.92. The number of nitrogens with one attached hydrogen (secondary N) is 1. The van der Waals surface area contributed by atoms with Gasteiger partial charge in [-0.1, -0.05) is 32.0 Å². The summed E-state index contributed by atoms with van der Waals surface area (Å²) < 4.78 is 1.87. The average Bonchev–Trinajstić information content (AvgIpc) is 2.81. The van der Waals surface area contributed by atoms with Gasteiger partial charge in [0, 0.05) is 25.2 Å². The molecule has 0 saturated heterocycles. The van der Waals surface area contributed by atoms with Gasteiger partial charge in [0.1, 0.15) is 0 Å². The number of rotatable bonds is 4. The van der Waals surface area contributed by atoms with Crippen LogP contribution in [0.2, 0.25) is 0 Å². The highest BCUT2D eigenvalue weighted by Gasteiger charge is 2.13. The highest BCUT2D eigenvalue weighted by Crippen LogP contribution is 2.19. The number of aromatic nitrogens is 2. The van der Waals surface area contributed by atoms with Crippen molar-refractivity contribution in [1.82, 2.24) is 15.1 Å². The highest BCUT2D eigenvalue weighted by molar-refractivity contribution is 5.72. The first-order valence-electron chi connectivity index (χ1n) is 6.46. The molecule has 4 nitrogen and oxygen atoms in total. The Morgan fingerprint density at radius 3 is 2.58 bits per heavy atom. The van der Waals surface area contributed by atoms with Crippen molar-refractivity contribution < 1.29 is 4.79 Å². The Kier molecular flexibility index (Phi) is 4.00. The largest absolute Gasteiger partial charge is 0.352 e. The number of amides is 1. The van der Waals surface area contributed by atoms with E-state index in [0.29, 0.717) is 12.5 Å². The van der Waals surface area contributed by atoms with E-state index in [1.54, 1.807) is 0 Å².